The van der Waals surface area contributed by atoms with Crippen molar-refractivity contribution in [1.29, 1.82) is 0 Å². The Kier molecular flexibility index (Phi) is 5.28. The van der Waals surface area contributed by atoms with Crippen LogP contribution in [0.3, 0.4) is 0 Å². The summed E-state index contributed by atoms with van der Waals surface area (Å²) < 4.78 is 5.84. The van der Waals surface area contributed by atoms with Gasteiger partial charge in [0.1, 0.15) is 29.0 Å². The number of nitro benzene ring substituents is 1. The minimum Gasteiger partial charge on any atom is -0.457 e. The Labute approximate surface area is 208 Å². The van der Waals surface area contributed by atoms with Crippen LogP contribution in [-0.2, 0) is 0 Å². The maximum Gasteiger partial charge on any atom is 0.283 e. The highest BCUT2D eigenvalue weighted by molar-refractivity contribution is 5.98. The maximum absolute atomic E-state index is 12.0. The van der Waals surface area contributed by atoms with Crippen molar-refractivity contribution in [3.8, 4) is 23.3 Å². The molecule has 3 aromatic carbocycles. The number of piperidine rings is 1. The van der Waals surface area contributed by atoms with Crippen molar-refractivity contribution in [3.05, 3.63) is 88.7 Å². The molecule has 1 saturated carbocycles. The zero-order chi connectivity index (χ0) is 24.7. The summed E-state index contributed by atoms with van der Waals surface area (Å²) in [4.78, 5) is 22.5. The summed E-state index contributed by atoms with van der Waals surface area (Å²) in [5, 5.41) is 15.6. The van der Waals surface area contributed by atoms with E-state index in [-0.39, 0.29) is 11.1 Å². The topological polar surface area (TPSA) is 93.4 Å². The largest absolute Gasteiger partial charge is 0.457 e. The van der Waals surface area contributed by atoms with Gasteiger partial charge in [-0.2, -0.15) is 0 Å². The number of para-hydroxylation sites is 1. The van der Waals surface area contributed by atoms with Crippen molar-refractivity contribution in [1.82, 2.24) is 14.9 Å². The summed E-state index contributed by atoms with van der Waals surface area (Å²) in [5.41, 5.74) is 1.75. The second-order valence-electron chi connectivity index (χ2n) is 9.44. The maximum atomic E-state index is 12.0. The molecule has 0 amide bonds. The van der Waals surface area contributed by atoms with Crippen LogP contribution in [0.1, 0.15) is 12.0 Å². The standard InChI is InChI=1S/C28H23N5O3/c1-32-16-20-15-28(20,17-32)12-11-19-13-24-26(25(14-19)33(34)35)27(30-18-29-24)31-21-7-9-23(10-8-21)36-22-5-3-2-4-6-22/h2-10,13-14,18,20H,15-17H2,1H3,(H,29,30,31). The third-order valence-electron chi connectivity index (χ3n) is 6.78. The van der Waals surface area contributed by atoms with E-state index in [2.05, 4.69) is 39.1 Å². The monoisotopic (exact) mass is 477 g/mol. The lowest BCUT2D eigenvalue weighted by molar-refractivity contribution is -0.383. The van der Waals surface area contributed by atoms with E-state index >= 15 is 0 Å². The van der Waals surface area contributed by atoms with Crippen molar-refractivity contribution >= 4 is 28.1 Å². The summed E-state index contributed by atoms with van der Waals surface area (Å²) >= 11 is 0. The van der Waals surface area contributed by atoms with Crippen LogP contribution >= 0.6 is 0 Å². The molecule has 0 bridgehead atoms. The van der Waals surface area contributed by atoms with Gasteiger partial charge >= 0.3 is 0 Å². The summed E-state index contributed by atoms with van der Waals surface area (Å²) in [6.45, 7) is 2.01. The van der Waals surface area contributed by atoms with Gasteiger partial charge in [-0.25, -0.2) is 9.97 Å². The first-order chi connectivity index (χ1) is 17.5. The van der Waals surface area contributed by atoms with Gasteiger partial charge in [-0.15, -0.1) is 0 Å². The Balaban J connectivity index is 1.29. The fourth-order valence-corrected chi connectivity index (χ4v) is 4.97. The number of nitro groups is 1. The molecule has 8 heteroatoms. The van der Waals surface area contributed by atoms with Crippen molar-refractivity contribution in [2.45, 2.75) is 6.42 Å². The number of nitrogens with one attached hydrogen (secondary N) is 1. The number of fused-ring (bicyclic) bond motifs is 2. The molecule has 36 heavy (non-hydrogen) atoms. The fraction of sp³-hybridized carbons (Fsp3) is 0.214. The first kappa shape index (κ1) is 22.0. The Morgan fingerprint density at radius 3 is 2.61 bits per heavy atom. The third kappa shape index (κ3) is 4.21. The number of anilines is 2. The lowest BCUT2D eigenvalue weighted by Crippen LogP contribution is -2.19. The summed E-state index contributed by atoms with van der Waals surface area (Å²) in [6, 6.07) is 20.1. The molecule has 0 radical (unpaired) electrons. The first-order valence-electron chi connectivity index (χ1n) is 11.7. The van der Waals surface area contributed by atoms with Crippen LogP contribution in [0.15, 0.2) is 73.1 Å². The van der Waals surface area contributed by atoms with Crippen LogP contribution < -0.4 is 10.1 Å². The number of likely N-dealkylation sites (tertiary alicyclic amines) is 1. The molecule has 6 rings (SSSR count). The molecule has 2 fully saturated rings. The minimum atomic E-state index is -0.402. The van der Waals surface area contributed by atoms with Crippen LogP contribution in [0.4, 0.5) is 17.2 Å². The van der Waals surface area contributed by atoms with E-state index in [1.807, 2.05) is 54.6 Å². The molecule has 1 N–H and O–H groups in total. The smallest absolute Gasteiger partial charge is 0.283 e. The number of ether oxygens (including phenoxy) is 1. The van der Waals surface area contributed by atoms with Crippen LogP contribution in [0.2, 0.25) is 0 Å². The van der Waals surface area contributed by atoms with Gasteiger partial charge in [0.15, 0.2) is 0 Å². The van der Waals surface area contributed by atoms with Gasteiger partial charge in [0.2, 0.25) is 0 Å². The average Bonchev–Trinajstić information content (AvgIpc) is 3.44. The van der Waals surface area contributed by atoms with E-state index in [1.54, 1.807) is 6.07 Å². The Bertz CT molecular complexity index is 1530. The van der Waals surface area contributed by atoms with E-state index in [9.17, 15) is 10.1 Å². The van der Waals surface area contributed by atoms with E-state index in [1.165, 1.54) is 12.4 Å². The molecule has 2 atom stereocenters. The number of non-ortho nitro benzene ring substituents is 1. The van der Waals surface area contributed by atoms with Gasteiger partial charge in [-0.05, 0) is 61.9 Å². The van der Waals surface area contributed by atoms with Crippen molar-refractivity contribution in [2.24, 2.45) is 11.3 Å². The highest BCUT2D eigenvalue weighted by atomic mass is 16.6. The van der Waals surface area contributed by atoms with Crippen molar-refractivity contribution in [2.75, 3.05) is 25.5 Å². The van der Waals surface area contributed by atoms with Gasteiger partial charge in [0.25, 0.3) is 5.69 Å². The van der Waals surface area contributed by atoms with Gasteiger partial charge in [0, 0.05) is 35.8 Å². The number of aromatic nitrogens is 2. The zero-order valence-corrected chi connectivity index (χ0v) is 19.6. The quantitative estimate of drug-likeness (QED) is 0.234. The SMILES string of the molecule is CN1CC2CC2(C#Cc2cc([N+](=O)[O-])c3c(Nc4ccc(Oc5ccccc5)cc4)ncnc3c2)C1. The molecule has 2 aliphatic rings. The average molecular weight is 478 g/mol. The normalized spacial score (nSPS) is 20.3. The molecule has 1 aromatic heterocycles. The molecule has 1 aliphatic heterocycles. The summed E-state index contributed by atoms with van der Waals surface area (Å²) in [7, 11) is 2.10. The van der Waals surface area contributed by atoms with Crippen LogP contribution in [-0.4, -0.2) is 39.9 Å². The second-order valence-corrected chi connectivity index (χ2v) is 9.44. The molecular formula is C28H23N5O3. The first-order valence-corrected chi connectivity index (χ1v) is 11.7. The fourth-order valence-electron chi connectivity index (χ4n) is 4.97. The second kappa shape index (κ2) is 8.63. The number of hydrogen-bond donors (Lipinski definition) is 1. The van der Waals surface area contributed by atoms with E-state index < -0.39 is 4.92 Å². The Morgan fingerprint density at radius 2 is 1.89 bits per heavy atom. The molecule has 2 unspecified atom stereocenters. The lowest BCUT2D eigenvalue weighted by atomic mass is 10.0. The molecule has 0 spiro atoms. The predicted molar refractivity (Wildman–Crippen MR) is 137 cm³/mol. The van der Waals surface area contributed by atoms with E-state index in [0.29, 0.717) is 34.0 Å². The summed E-state index contributed by atoms with van der Waals surface area (Å²) in [5.74, 6) is 8.99. The van der Waals surface area contributed by atoms with Crippen LogP contribution in [0.5, 0.6) is 11.5 Å². The molecule has 8 nitrogen and oxygen atoms in total. The van der Waals surface area contributed by atoms with Gasteiger partial charge < -0.3 is 15.0 Å². The van der Waals surface area contributed by atoms with Gasteiger partial charge in [-0.1, -0.05) is 30.0 Å². The molecule has 4 aromatic rings. The lowest BCUT2D eigenvalue weighted by Gasteiger charge is -2.11. The predicted octanol–water partition coefficient (Wildman–Crippen LogP) is 5.38. The van der Waals surface area contributed by atoms with E-state index in [0.717, 1.165) is 30.9 Å². The molecular weight excluding hydrogens is 454 g/mol. The molecule has 1 aliphatic carbocycles. The highest BCUT2D eigenvalue weighted by Crippen LogP contribution is 2.56. The van der Waals surface area contributed by atoms with Gasteiger partial charge in [0.05, 0.1) is 10.4 Å². The Hall–Kier alpha value is -4.48. The molecule has 2 heterocycles. The highest BCUT2D eigenvalue weighted by Gasteiger charge is 2.58. The zero-order valence-electron chi connectivity index (χ0n) is 19.6. The van der Waals surface area contributed by atoms with Crippen molar-refractivity contribution in [3.63, 3.8) is 0 Å². The number of benzene rings is 3. The number of nitrogens with zero attached hydrogens (tertiary/aromatic N) is 4. The van der Waals surface area contributed by atoms with Gasteiger partial charge in [-0.3, -0.25) is 10.1 Å². The van der Waals surface area contributed by atoms with Crippen LogP contribution in [0.25, 0.3) is 10.9 Å². The van der Waals surface area contributed by atoms with Crippen molar-refractivity contribution < 1.29 is 9.66 Å². The number of hydrogen-bond acceptors (Lipinski definition) is 7. The van der Waals surface area contributed by atoms with E-state index in [4.69, 9.17) is 4.74 Å². The number of rotatable bonds is 5. The molecule has 178 valence electrons. The Morgan fingerprint density at radius 1 is 1.11 bits per heavy atom. The minimum absolute atomic E-state index is 0.0350. The molecule has 1 saturated heterocycles. The van der Waals surface area contributed by atoms with Crippen LogP contribution in [0, 0.1) is 33.3 Å². The summed E-state index contributed by atoms with van der Waals surface area (Å²) in [6.07, 6.45) is 2.51. The third-order valence-corrected chi connectivity index (χ3v) is 6.78.